The van der Waals surface area contributed by atoms with Gasteiger partial charge in [-0.2, -0.15) is 15.8 Å². The van der Waals surface area contributed by atoms with E-state index in [0.29, 0.717) is 16.7 Å². The van der Waals surface area contributed by atoms with Gasteiger partial charge >= 0.3 is 0 Å². The lowest BCUT2D eigenvalue weighted by atomic mass is 9.93. The molecule has 230 valence electrons. The van der Waals surface area contributed by atoms with E-state index in [1.165, 1.54) is 0 Å². The van der Waals surface area contributed by atoms with Crippen LogP contribution < -0.4 is 0 Å². The Labute approximate surface area is 287 Å². The quantitative estimate of drug-likeness (QED) is 0.193. The molecule has 0 aliphatic heterocycles. The van der Waals surface area contributed by atoms with Crippen LogP contribution in [0, 0.1) is 34.0 Å². The second kappa shape index (κ2) is 11.4. The first kappa shape index (κ1) is 28.8. The maximum Gasteiger partial charge on any atom is 0.101 e. The summed E-state index contributed by atoms with van der Waals surface area (Å²) in [4.78, 5) is 0. The van der Waals surface area contributed by atoms with Crippen LogP contribution in [-0.4, -0.2) is 9.13 Å². The molecule has 0 unspecified atom stereocenters. The molecule has 0 saturated heterocycles. The molecule has 0 aliphatic carbocycles. The number of para-hydroxylation sites is 4. The summed E-state index contributed by atoms with van der Waals surface area (Å²) in [6.45, 7) is 0. The Morgan fingerprint density at radius 3 is 1.54 bits per heavy atom. The molecule has 2 aromatic heterocycles. The molecule has 0 atom stereocenters. The van der Waals surface area contributed by atoms with Gasteiger partial charge in [-0.15, -0.1) is 0 Å². The first-order valence-electron chi connectivity index (χ1n) is 16.3. The van der Waals surface area contributed by atoms with Crippen molar-refractivity contribution in [1.82, 2.24) is 9.13 Å². The highest BCUT2D eigenvalue weighted by atomic mass is 15.0. The van der Waals surface area contributed by atoms with Crippen LogP contribution in [0.25, 0.3) is 77.2 Å². The number of aromatic nitrogens is 2. The topological polar surface area (TPSA) is 81.2 Å². The van der Waals surface area contributed by atoms with Crippen molar-refractivity contribution in [3.05, 3.63) is 168 Å². The van der Waals surface area contributed by atoms with E-state index in [-0.39, 0.29) is 0 Å². The molecular weight excluding hydrogens is 611 g/mol. The molecule has 0 radical (unpaired) electrons. The molecule has 0 saturated carbocycles. The van der Waals surface area contributed by atoms with E-state index in [0.717, 1.165) is 77.2 Å². The van der Waals surface area contributed by atoms with Gasteiger partial charge in [0.1, 0.15) is 6.07 Å². The molecule has 0 bridgehead atoms. The first-order valence-corrected chi connectivity index (χ1v) is 16.3. The maximum atomic E-state index is 10.4. The van der Waals surface area contributed by atoms with Crippen molar-refractivity contribution in [3.8, 4) is 51.8 Å². The number of hydrogen-bond donors (Lipinski definition) is 0. The van der Waals surface area contributed by atoms with Crippen molar-refractivity contribution in [2.45, 2.75) is 0 Å². The van der Waals surface area contributed by atoms with Crippen LogP contribution in [0.4, 0.5) is 0 Å². The van der Waals surface area contributed by atoms with Crippen LogP contribution in [0.1, 0.15) is 16.7 Å². The largest absolute Gasteiger partial charge is 0.309 e. The van der Waals surface area contributed by atoms with E-state index in [1.54, 1.807) is 6.07 Å². The molecule has 7 aromatic carbocycles. The number of benzene rings is 7. The van der Waals surface area contributed by atoms with E-state index in [4.69, 9.17) is 0 Å². The van der Waals surface area contributed by atoms with Gasteiger partial charge in [-0.1, -0.05) is 91.0 Å². The monoisotopic (exact) mass is 635 g/mol. The van der Waals surface area contributed by atoms with E-state index in [1.807, 2.05) is 84.9 Å². The van der Waals surface area contributed by atoms with Gasteiger partial charge in [0.15, 0.2) is 0 Å². The van der Waals surface area contributed by atoms with Gasteiger partial charge in [0, 0.05) is 32.7 Å². The average Bonchev–Trinajstić information content (AvgIpc) is 3.70. The van der Waals surface area contributed by atoms with Crippen molar-refractivity contribution in [1.29, 1.82) is 15.8 Å². The van der Waals surface area contributed by atoms with Gasteiger partial charge in [0.05, 0.1) is 62.3 Å². The van der Waals surface area contributed by atoms with E-state index in [9.17, 15) is 15.8 Å². The Kier molecular flexibility index (Phi) is 6.56. The zero-order chi connectivity index (χ0) is 33.8. The Bertz CT molecular complexity index is 2920. The minimum Gasteiger partial charge on any atom is -0.309 e. The molecule has 5 heteroatoms. The van der Waals surface area contributed by atoms with E-state index in [2.05, 4.69) is 88.0 Å². The van der Waals surface area contributed by atoms with Crippen molar-refractivity contribution >= 4 is 43.6 Å². The van der Waals surface area contributed by atoms with Crippen LogP contribution in [0.2, 0.25) is 0 Å². The Morgan fingerprint density at radius 2 is 0.900 bits per heavy atom. The second-order valence-electron chi connectivity index (χ2n) is 12.3. The number of fused-ring (bicyclic) bond motifs is 6. The van der Waals surface area contributed by atoms with Gasteiger partial charge in [-0.05, 0) is 71.8 Å². The van der Waals surface area contributed by atoms with Gasteiger partial charge in [-0.25, -0.2) is 0 Å². The highest BCUT2D eigenvalue weighted by Gasteiger charge is 2.20. The number of nitrogens with zero attached hydrogens (tertiary/aromatic N) is 5. The minimum atomic E-state index is 0.434. The summed E-state index contributed by atoms with van der Waals surface area (Å²) in [7, 11) is 0. The van der Waals surface area contributed by atoms with Gasteiger partial charge in [0.2, 0.25) is 0 Å². The van der Waals surface area contributed by atoms with Crippen molar-refractivity contribution < 1.29 is 0 Å². The normalized spacial score (nSPS) is 11.1. The molecule has 5 nitrogen and oxygen atoms in total. The third-order valence-corrected chi connectivity index (χ3v) is 9.63. The van der Waals surface area contributed by atoms with Crippen molar-refractivity contribution in [2.75, 3.05) is 0 Å². The van der Waals surface area contributed by atoms with E-state index >= 15 is 0 Å². The zero-order valence-electron chi connectivity index (χ0n) is 26.7. The van der Waals surface area contributed by atoms with Gasteiger partial charge in [-0.3, -0.25) is 0 Å². The zero-order valence-corrected chi connectivity index (χ0v) is 26.7. The Morgan fingerprint density at radius 1 is 0.360 bits per heavy atom. The minimum absolute atomic E-state index is 0.434. The summed E-state index contributed by atoms with van der Waals surface area (Å²) in [5.74, 6) is 0. The fourth-order valence-corrected chi connectivity index (χ4v) is 7.45. The lowest BCUT2D eigenvalue weighted by Gasteiger charge is -2.16. The van der Waals surface area contributed by atoms with Crippen molar-refractivity contribution in [3.63, 3.8) is 0 Å². The first-order chi connectivity index (χ1) is 24.7. The molecule has 50 heavy (non-hydrogen) atoms. The second-order valence-corrected chi connectivity index (χ2v) is 12.3. The predicted molar refractivity (Wildman–Crippen MR) is 200 cm³/mol. The molecule has 9 aromatic rings. The molecular formula is C45H25N5. The van der Waals surface area contributed by atoms with Gasteiger partial charge in [0.25, 0.3) is 0 Å². The molecule has 0 aliphatic rings. The Hall–Kier alpha value is -7.39. The lowest BCUT2D eigenvalue weighted by Crippen LogP contribution is -2.00. The molecule has 9 rings (SSSR count). The average molecular weight is 636 g/mol. The number of nitriles is 3. The van der Waals surface area contributed by atoms with Crippen LogP contribution >= 0.6 is 0 Å². The van der Waals surface area contributed by atoms with Crippen molar-refractivity contribution in [2.24, 2.45) is 0 Å². The summed E-state index contributed by atoms with van der Waals surface area (Å²) in [5.41, 5.74) is 10.9. The fraction of sp³-hybridized carbons (Fsp3) is 0. The molecule has 0 amide bonds. The molecule has 2 heterocycles. The van der Waals surface area contributed by atoms with E-state index < -0.39 is 0 Å². The van der Waals surface area contributed by atoms with Crippen LogP contribution in [-0.2, 0) is 0 Å². The predicted octanol–water partition coefficient (Wildman–Crippen LogP) is 10.8. The number of rotatable bonds is 4. The van der Waals surface area contributed by atoms with Crippen LogP contribution in [0.15, 0.2) is 152 Å². The summed E-state index contributed by atoms with van der Waals surface area (Å²) in [5, 5.41) is 34.7. The molecule has 0 spiro atoms. The summed E-state index contributed by atoms with van der Waals surface area (Å²) < 4.78 is 4.39. The van der Waals surface area contributed by atoms with Gasteiger partial charge < -0.3 is 9.13 Å². The number of hydrogen-bond acceptors (Lipinski definition) is 3. The fourth-order valence-electron chi connectivity index (χ4n) is 7.45. The summed E-state index contributed by atoms with van der Waals surface area (Å²) in [6.07, 6.45) is 0. The Balaban J connectivity index is 1.26. The molecule has 0 fully saturated rings. The SMILES string of the molecule is N#Cc1ccc2c(c1)c1ccccc1n2-c1ccccc1-c1cccc(-c2cc(-n3c4ccccc4c4ccccc43)c(C#N)cc2C#N)c1. The molecule has 0 N–H and O–H groups in total. The smallest absolute Gasteiger partial charge is 0.101 e. The third-order valence-electron chi connectivity index (χ3n) is 9.63. The standard InChI is InChI=1S/C45H25N5/c46-26-29-20-21-44-39(22-29)37-15-4-8-19-43(37)49(44)40-16-5-1-12-34(40)30-10-9-11-31(23-30)38-25-45(33(28-48)24-32(38)27-47)50-41-17-6-2-13-35(41)36-14-3-7-18-42(36)50/h1-25H. The lowest BCUT2D eigenvalue weighted by molar-refractivity contribution is 1.17. The highest BCUT2D eigenvalue weighted by Crippen LogP contribution is 2.39. The third kappa shape index (κ3) is 4.31. The highest BCUT2D eigenvalue weighted by molar-refractivity contribution is 6.11. The van der Waals surface area contributed by atoms with Crippen LogP contribution in [0.5, 0.6) is 0 Å². The summed E-state index contributed by atoms with van der Waals surface area (Å²) in [6, 6.07) is 57.8. The maximum absolute atomic E-state index is 10.4. The van der Waals surface area contributed by atoms with Crippen LogP contribution in [0.3, 0.4) is 0 Å². The summed E-state index contributed by atoms with van der Waals surface area (Å²) >= 11 is 0.